The van der Waals surface area contributed by atoms with Crippen LogP contribution in [0.15, 0.2) is 65.1 Å². The summed E-state index contributed by atoms with van der Waals surface area (Å²) >= 11 is 0. The van der Waals surface area contributed by atoms with Gasteiger partial charge < -0.3 is 4.57 Å². The number of para-hydroxylation sites is 1. The molecule has 0 bridgehead atoms. The van der Waals surface area contributed by atoms with Crippen LogP contribution in [-0.4, -0.2) is 15.3 Å². The molecule has 0 N–H and O–H groups in total. The molecular weight excluding hydrogens is 262 g/mol. The number of carbonyl (C=O) groups is 1. The molecule has 1 aromatic heterocycles. The fraction of sp³-hybridized carbons (Fsp3) is 0.118. The van der Waals surface area contributed by atoms with Gasteiger partial charge in [0.25, 0.3) is 0 Å². The van der Waals surface area contributed by atoms with Crippen molar-refractivity contribution < 1.29 is 4.79 Å². The van der Waals surface area contributed by atoms with Gasteiger partial charge in [-0.1, -0.05) is 24.3 Å². The molecular formula is C17H13N3O. The average Bonchev–Trinajstić information content (AvgIpc) is 3.06. The Kier molecular flexibility index (Phi) is 2.51. The summed E-state index contributed by atoms with van der Waals surface area (Å²) in [6.07, 6.45) is 7.23. The van der Waals surface area contributed by atoms with Crippen molar-refractivity contribution in [2.45, 2.75) is 13.5 Å². The topological polar surface area (TPSA) is 47.2 Å². The highest BCUT2D eigenvalue weighted by atomic mass is 16.1. The van der Waals surface area contributed by atoms with E-state index >= 15 is 0 Å². The molecule has 1 aliphatic heterocycles. The molecule has 4 heteroatoms. The van der Waals surface area contributed by atoms with E-state index in [9.17, 15) is 4.79 Å². The summed E-state index contributed by atoms with van der Waals surface area (Å²) in [5.41, 5.74) is 2.57. The Morgan fingerprint density at radius 3 is 2.86 bits per heavy atom. The van der Waals surface area contributed by atoms with Crippen LogP contribution >= 0.6 is 0 Å². The summed E-state index contributed by atoms with van der Waals surface area (Å²) in [5.74, 6) is 0.982. The molecule has 0 radical (unpaired) electrons. The molecule has 102 valence electrons. The largest absolute Gasteiger partial charge is 0.331 e. The Morgan fingerprint density at radius 2 is 2.05 bits per heavy atom. The van der Waals surface area contributed by atoms with Crippen molar-refractivity contribution in [3.8, 4) is 0 Å². The number of allylic oxidation sites excluding steroid dienone is 4. The fourth-order valence-corrected chi connectivity index (χ4v) is 2.79. The monoisotopic (exact) mass is 275 g/mol. The first-order valence-corrected chi connectivity index (χ1v) is 6.86. The van der Waals surface area contributed by atoms with Crippen molar-refractivity contribution in [1.82, 2.24) is 9.55 Å². The Bertz CT molecular complexity index is 944. The maximum Gasteiger partial charge on any atom is 0.188 e. The third-order valence-corrected chi connectivity index (χ3v) is 3.89. The number of carbonyl (C=O) groups excluding carboxylic acids is 1. The van der Waals surface area contributed by atoms with Crippen molar-refractivity contribution in [1.29, 1.82) is 0 Å². The molecule has 0 unspecified atom stereocenters. The minimum absolute atomic E-state index is 0.0322. The summed E-state index contributed by atoms with van der Waals surface area (Å²) in [6.45, 7) is 2.64. The second-order valence-electron chi connectivity index (χ2n) is 5.18. The number of rotatable bonds is 2. The van der Waals surface area contributed by atoms with Crippen LogP contribution in [0.3, 0.4) is 0 Å². The zero-order valence-electron chi connectivity index (χ0n) is 11.6. The first-order valence-electron chi connectivity index (χ1n) is 6.86. The first kappa shape index (κ1) is 12.0. The van der Waals surface area contributed by atoms with E-state index < -0.39 is 0 Å². The summed E-state index contributed by atoms with van der Waals surface area (Å²) in [6, 6.07) is 7.79. The van der Waals surface area contributed by atoms with E-state index in [1.165, 1.54) is 0 Å². The van der Waals surface area contributed by atoms with Crippen molar-refractivity contribution in [2.24, 2.45) is 4.99 Å². The smallest absolute Gasteiger partial charge is 0.188 e. The third kappa shape index (κ3) is 1.80. The van der Waals surface area contributed by atoms with Gasteiger partial charge in [-0.2, -0.15) is 0 Å². The van der Waals surface area contributed by atoms with Gasteiger partial charge >= 0.3 is 0 Å². The van der Waals surface area contributed by atoms with E-state index in [1.807, 2.05) is 43.5 Å². The Balaban J connectivity index is 1.92. The molecule has 0 spiro atoms. The lowest BCUT2D eigenvalue weighted by Crippen LogP contribution is -2.24. The Morgan fingerprint density at radius 1 is 1.19 bits per heavy atom. The molecule has 2 heterocycles. The molecule has 4 nitrogen and oxygen atoms in total. The van der Waals surface area contributed by atoms with Gasteiger partial charge in [0, 0.05) is 17.6 Å². The quantitative estimate of drug-likeness (QED) is 0.823. The zero-order chi connectivity index (χ0) is 14.4. The highest BCUT2D eigenvalue weighted by molar-refractivity contribution is 6.27. The molecule has 2 aromatic rings. The average molecular weight is 275 g/mol. The second-order valence-corrected chi connectivity index (χ2v) is 5.18. The molecule has 1 aliphatic carbocycles. The van der Waals surface area contributed by atoms with E-state index in [1.54, 1.807) is 12.3 Å². The van der Waals surface area contributed by atoms with E-state index in [-0.39, 0.29) is 5.78 Å². The van der Waals surface area contributed by atoms with Crippen molar-refractivity contribution in [3.63, 3.8) is 0 Å². The SMILES string of the molecule is Cc1nccn1CC1=C2N=c3ccccc3=C2C(=O)C=C1. The highest BCUT2D eigenvalue weighted by Gasteiger charge is 2.24. The molecule has 0 saturated heterocycles. The second kappa shape index (κ2) is 4.38. The van der Waals surface area contributed by atoms with Crippen LogP contribution in [0.5, 0.6) is 0 Å². The molecule has 1 aromatic carbocycles. The van der Waals surface area contributed by atoms with Gasteiger partial charge in [0.1, 0.15) is 5.82 Å². The van der Waals surface area contributed by atoms with E-state index in [2.05, 4.69) is 14.5 Å². The molecule has 0 saturated carbocycles. The molecule has 21 heavy (non-hydrogen) atoms. The zero-order valence-corrected chi connectivity index (χ0v) is 11.6. The number of hydrogen-bond donors (Lipinski definition) is 0. The Hall–Kier alpha value is -2.75. The maximum atomic E-state index is 12.2. The Labute approximate surface area is 121 Å². The minimum Gasteiger partial charge on any atom is -0.331 e. The summed E-state index contributed by atoms with van der Waals surface area (Å²) < 4.78 is 2.05. The predicted molar refractivity (Wildman–Crippen MR) is 78.8 cm³/mol. The number of fused-ring (bicyclic) bond motifs is 2. The third-order valence-electron chi connectivity index (χ3n) is 3.89. The van der Waals surface area contributed by atoms with Gasteiger partial charge in [-0.05, 0) is 24.6 Å². The minimum atomic E-state index is 0.0322. The summed E-state index contributed by atoms with van der Waals surface area (Å²) in [4.78, 5) is 21.1. The molecule has 4 rings (SSSR count). The van der Waals surface area contributed by atoms with Crippen LogP contribution in [0, 0.1) is 6.92 Å². The van der Waals surface area contributed by atoms with Gasteiger partial charge in [0.2, 0.25) is 0 Å². The van der Waals surface area contributed by atoms with Gasteiger partial charge in [-0.15, -0.1) is 0 Å². The number of hydrogen-bond acceptors (Lipinski definition) is 3. The number of benzene rings is 1. The first-order chi connectivity index (χ1) is 10.2. The van der Waals surface area contributed by atoms with E-state index in [4.69, 9.17) is 0 Å². The molecule has 0 atom stereocenters. The fourth-order valence-electron chi connectivity index (χ4n) is 2.79. The maximum absolute atomic E-state index is 12.2. The summed E-state index contributed by atoms with van der Waals surface area (Å²) in [7, 11) is 0. The van der Waals surface area contributed by atoms with E-state index in [0.29, 0.717) is 6.54 Å². The predicted octanol–water partition coefficient (Wildman–Crippen LogP) is 1.07. The number of aryl methyl sites for hydroxylation is 1. The van der Waals surface area contributed by atoms with Crippen molar-refractivity contribution in [3.05, 3.63) is 76.5 Å². The number of aromatic nitrogens is 2. The van der Waals surface area contributed by atoms with Crippen molar-refractivity contribution in [2.75, 3.05) is 0 Å². The van der Waals surface area contributed by atoms with Crippen LogP contribution in [0.4, 0.5) is 0 Å². The lowest BCUT2D eigenvalue weighted by Gasteiger charge is -2.13. The van der Waals surface area contributed by atoms with Crippen LogP contribution < -0.4 is 10.6 Å². The lowest BCUT2D eigenvalue weighted by molar-refractivity contribution is -0.109. The van der Waals surface area contributed by atoms with Crippen LogP contribution in [-0.2, 0) is 11.3 Å². The van der Waals surface area contributed by atoms with E-state index in [0.717, 1.165) is 33.2 Å². The lowest BCUT2D eigenvalue weighted by atomic mass is 9.96. The van der Waals surface area contributed by atoms with Crippen molar-refractivity contribution >= 4 is 11.4 Å². The normalized spacial score (nSPS) is 16.0. The number of imidazole rings is 1. The molecule has 0 amide bonds. The summed E-state index contributed by atoms with van der Waals surface area (Å²) in [5, 5.41) is 1.81. The molecule has 0 fully saturated rings. The van der Waals surface area contributed by atoms with Gasteiger partial charge in [0.15, 0.2) is 5.78 Å². The molecule has 2 aliphatic rings. The standard InChI is InChI=1S/C17H13N3O/c1-11-18-8-9-20(11)10-12-6-7-15(21)16-13-4-2-3-5-14(13)19-17(12)16/h2-9H,10H2,1H3. The number of ketones is 1. The van der Waals surface area contributed by atoms with Crippen LogP contribution in [0.2, 0.25) is 0 Å². The highest BCUT2D eigenvalue weighted by Crippen LogP contribution is 2.26. The van der Waals surface area contributed by atoms with Crippen LogP contribution in [0.25, 0.3) is 5.57 Å². The van der Waals surface area contributed by atoms with Gasteiger partial charge in [0.05, 0.1) is 23.2 Å². The van der Waals surface area contributed by atoms with Crippen LogP contribution in [0.1, 0.15) is 5.82 Å². The van der Waals surface area contributed by atoms with Gasteiger partial charge in [-0.3, -0.25) is 4.79 Å². The number of nitrogens with zero attached hydrogens (tertiary/aromatic N) is 3. The van der Waals surface area contributed by atoms with Gasteiger partial charge in [-0.25, -0.2) is 9.98 Å².